The number of carboxylic acid groups (broad SMARTS) is 1. The summed E-state index contributed by atoms with van der Waals surface area (Å²) in [5.41, 5.74) is 0.926. The SMILES string of the molecule is O=C(O)CSc1cnc(NC(=O)CCCCc2cccc(F)c2)s1. The van der Waals surface area contributed by atoms with Crippen molar-refractivity contribution < 1.29 is 19.1 Å². The summed E-state index contributed by atoms with van der Waals surface area (Å²) in [5.74, 6) is -1.29. The first-order valence-electron chi connectivity index (χ1n) is 7.37. The quantitative estimate of drug-likeness (QED) is 0.520. The predicted molar refractivity (Wildman–Crippen MR) is 93.1 cm³/mol. The second-order valence-corrected chi connectivity index (χ2v) is 7.36. The molecule has 0 aliphatic rings. The molecule has 2 rings (SSSR count). The molecule has 1 amide bonds. The summed E-state index contributed by atoms with van der Waals surface area (Å²) in [6.07, 6.45) is 4.16. The van der Waals surface area contributed by atoms with Crippen molar-refractivity contribution in [3.8, 4) is 0 Å². The standard InChI is InChI=1S/C16H17FN2O3S2/c17-12-6-3-5-11(8-12)4-1-2-7-13(20)19-16-18-9-15(24-16)23-10-14(21)22/h3,5-6,8-9H,1-2,4,7,10H2,(H,21,22)(H,18,19,20). The summed E-state index contributed by atoms with van der Waals surface area (Å²) >= 11 is 2.43. The molecular weight excluding hydrogens is 351 g/mol. The lowest BCUT2D eigenvalue weighted by Crippen LogP contribution is -2.10. The first-order chi connectivity index (χ1) is 11.5. The third-order valence-electron chi connectivity index (χ3n) is 3.08. The fourth-order valence-corrected chi connectivity index (χ4v) is 3.61. The maximum atomic E-state index is 13.0. The van der Waals surface area contributed by atoms with Gasteiger partial charge in [-0.15, -0.1) is 11.8 Å². The van der Waals surface area contributed by atoms with Gasteiger partial charge in [-0.2, -0.15) is 0 Å². The Hall–Kier alpha value is -1.93. The van der Waals surface area contributed by atoms with Gasteiger partial charge in [0.15, 0.2) is 5.13 Å². The van der Waals surface area contributed by atoms with Crippen LogP contribution in [-0.4, -0.2) is 27.7 Å². The highest BCUT2D eigenvalue weighted by Crippen LogP contribution is 2.28. The number of rotatable bonds is 9. The van der Waals surface area contributed by atoms with Crippen LogP contribution in [0.2, 0.25) is 0 Å². The Labute approximate surface area is 147 Å². The van der Waals surface area contributed by atoms with Gasteiger partial charge in [-0.1, -0.05) is 23.5 Å². The van der Waals surface area contributed by atoms with Crippen LogP contribution in [0.3, 0.4) is 0 Å². The highest BCUT2D eigenvalue weighted by atomic mass is 32.2. The number of aliphatic carboxylic acids is 1. The van der Waals surface area contributed by atoms with Crippen LogP contribution in [0.4, 0.5) is 9.52 Å². The van der Waals surface area contributed by atoms with E-state index in [2.05, 4.69) is 10.3 Å². The van der Waals surface area contributed by atoms with Crippen molar-refractivity contribution in [3.63, 3.8) is 0 Å². The molecule has 0 unspecified atom stereocenters. The first kappa shape index (κ1) is 18.4. The van der Waals surface area contributed by atoms with E-state index in [-0.39, 0.29) is 17.5 Å². The number of nitrogens with one attached hydrogen (secondary N) is 1. The van der Waals surface area contributed by atoms with E-state index in [1.165, 1.54) is 35.2 Å². The molecule has 8 heteroatoms. The Morgan fingerprint density at radius 2 is 2.17 bits per heavy atom. The number of amides is 1. The molecule has 1 heterocycles. The minimum atomic E-state index is -0.891. The molecule has 0 spiro atoms. The summed E-state index contributed by atoms with van der Waals surface area (Å²) in [6.45, 7) is 0. The van der Waals surface area contributed by atoms with Gasteiger partial charge in [0, 0.05) is 6.42 Å². The van der Waals surface area contributed by atoms with E-state index in [4.69, 9.17) is 5.11 Å². The van der Waals surface area contributed by atoms with Crippen LogP contribution in [-0.2, 0) is 16.0 Å². The van der Waals surface area contributed by atoms with Gasteiger partial charge in [-0.25, -0.2) is 9.37 Å². The minimum Gasteiger partial charge on any atom is -0.481 e. The number of anilines is 1. The molecule has 0 aliphatic heterocycles. The number of carbonyl (C=O) groups is 2. The Balaban J connectivity index is 1.67. The highest BCUT2D eigenvalue weighted by molar-refractivity contribution is 8.01. The van der Waals surface area contributed by atoms with E-state index < -0.39 is 5.97 Å². The maximum Gasteiger partial charge on any atom is 0.313 e. The van der Waals surface area contributed by atoms with Crippen LogP contribution in [0.15, 0.2) is 34.7 Å². The molecule has 0 saturated carbocycles. The van der Waals surface area contributed by atoms with Gasteiger partial charge in [0.2, 0.25) is 5.91 Å². The normalized spacial score (nSPS) is 10.5. The van der Waals surface area contributed by atoms with Crippen LogP contribution >= 0.6 is 23.1 Å². The van der Waals surface area contributed by atoms with Crippen LogP contribution in [0.1, 0.15) is 24.8 Å². The molecule has 1 aromatic carbocycles. The van der Waals surface area contributed by atoms with Crippen molar-refractivity contribution in [3.05, 3.63) is 41.8 Å². The lowest BCUT2D eigenvalue weighted by molar-refractivity contribution is -0.133. The zero-order valence-corrected chi connectivity index (χ0v) is 14.5. The smallest absolute Gasteiger partial charge is 0.313 e. The van der Waals surface area contributed by atoms with Crippen LogP contribution in [0.5, 0.6) is 0 Å². The fourth-order valence-electron chi connectivity index (χ4n) is 2.01. The van der Waals surface area contributed by atoms with Crippen molar-refractivity contribution >= 4 is 40.1 Å². The van der Waals surface area contributed by atoms with Crippen LogP contribution in [0, 0.1) is 5.82 Å². The second-order valence-electron chi connectivity index (χ2n) is 5.05. The Bertz CT molecular complexity index is 706. The fraction of sp³-hybridized carbons (Fsp3) is 0.312. The Morgan fingerprint density at radius 3 is 2.92 bits per heavy atom. The van der Waals surface area contributed by atoms with Gasteiger partial charge < -0.3 is 10.4 Å². The summed E-state index contributed by atoms with van der Waals surface area (Å²) in [5, 5.41) is 11.8. The Kier molecular flexibility index (Phi) is 7.20. The molecule has 1 aromatic heterocycles. The molecule has 0 radical (unpaired) electrons. The predicted octanol–water partition coefficient (Wildman–Crippen LogP) is 3.81. The molecule has 2 aromatic rings. The molecule has 5 nitrogen and oxygen atoms in total. The summed E-state index contributed by atoms with van der Waals surface area (Å²) in [4.78, 5) is 26.4. The van der Waals surface area contributed by atoms with E-state index in [9.17, 15) is 14.0 Å². The third-order valence-corrected chi connectivity index (χ3v) is 5.17. The number of carboxylic acids is 1. The maximum absolute atomic E-state index is 13.0. The molecule has 0 aliphatic carbocycles. The van der Waals surface area contributed by atoms with Crippen molar-refractivity contribution in [1.82, 2.24) is 4.98 Å². The first-order valence-corrected chi connectivity index (χ1v) is 9.18. The average molecular weight is 368 g/mol. The van der Waals surface area contributed by atoms with Crippen molar-refractivity contribution in [1.29, 1.82) is 0 Å². The molecule has 2 N–H and O–H groups in total. The van der Waals surface area contributed by atoms with Gasteiger partial charge in [0.1, 0.15) is 5.82 Å². The highest BCUT2D eigenvalue weighted by Gasteiger charge is 2.08. The number of hydrogen-bond acceptors (Lipinski definition) is 5. The molecule has 0 atom stereocenters. The number of aromatic nitrogens is 1. The van der Waals surface area contributed by atoms with Crippen molar-refractivity contribution in [2.45, 2.75) is 29.9 Å². The van der Waals surface area contributed by atoms with Crippen LogP contribution in [0.25, 0.3) is 0 Å². The summed E-state index contributed by atoms with van der Waals surface area (Å²) < 4.78 is 13.8. The second kappa shape index (κ2) is 9.39. The average Bonchev–Trinajstić information content (AvgIpc) is 2.97. The zero-order chi connectivity index (χ0) is 17.4. The topological polar surface area (TPSA) is 79.3 Å². The van der Waals surface area contributed by atoms with Crippen molar-refractivity contribution in [2.75, 3.05) is 11.1 Å². The number of aryl methyl sites for hydroxylation is 1. The lowest BCUT2D eigenvalue weighted by atomic mass is 10.1. The van der Waals surface area contributed by atoms with E-state index in [1.54, 1.807) is 12.3 Å². The van der Waals surface area contributed by atoms with E-state index in [0.717, 1.165) is 22.6 Å². The molecule has 24 heavy (non-hydrogen) atoms. The monoisotopic (exact) mass is 368 g/mol. The van der Waals surface area contributed by atoms with Gasteiger partial charge in [0.05, 0.1) is 16.2 Å². The Morgan fingerprint density at radius 1 is 1.33 bits per heavy atom. The lowest BCUT2D eigenvalue weighted by Gasteiger charge is -2.03. The zero-order valence-electron chi connectivity index (χ0n) is 12.8. The number of halogens is 1. The van der Waals surface area contributed by atoms with Gasteiger partial charge in [0.25, 0.3) is 0 Å². The van der Waals surface area contributed by atoms with Gasteiger partial charge >= 0.3 is 5.97 Å². The van der Waals surface area contributed by atoms with E-state index >= 15 is 0 Å². The number of nitrogens with zero attached hydrogens (tertiary/aromatic N) is 1. The number of carbonyl (C=O) groups excluding carboxylic acids is 1. The number of thiazole rings is 1. The van der Waals surface area contributed by atoms with Crippen molar-refractivity contribution in [2.24, 2.45) is 0 Å². The largest absolute Gasteiger partial charge is 0.481 e. The number of thioether (sulfide) groups is 1. The third kappa shape index (κ3) is 6.67. The molecule has 128 valence electrons. The number of hydrogen-bond donors (Lipinski definition) is 2. The van der Waals surface area contributed by atoms with E-state index in [1.807, 2.05) is 6.07 Å². The van der Waals surface area contributed by atoms with Gasteiger partial charge in [-0.3, -0.25) is 9.59 Å². The van der Waals surface area contributed by atoms with E-state index in [0.29, 0.717) is 18.0 Å². The molecule has 0 fully saturated rings. The summed E-state index contributed by atoms with van der Waals surface area (Å²) in [7, 11) is 0. The number of benzene rings is 1. The van der Waals surface area contributed by atoms with Gasteiger partial charge in [-0.05, 0) is 37.0 Å². The number of unbranched alkanes of at least 4 members (excludes halogenated alkanes) is 1. The molecular formula is C16H17FN2O3S2. The summed E-state index contributed by atoms with van der Waals surface area (Å²) in [6, 6.07) is 6.47. The molecule has 0 bridgehead atoms. The minimum absolute atomic E-state index is 0.0321. The van der Waals surface area contributed by atoms with Crippen LogP contribution < -0.4 is 5.32 Å². The molecule has 0 saturated heterocycles.